The summed E-state index contributed by atoms with van der Waals surface area (Å²) < 4.78 is 11.4. The molecule has 0 unspecified atom stereocenters. The molecule has 0 atom stereocenters. The van der Waals surface area contributed by atoms with Gasteiger partial charge in [-0.15, -0.1) is 0 Å². The van der Waals surface area contributed by atoms with E-state index in [1.807, 2.05) is 45.0 Å². The lowest BCUT2D eigenvalue weighted by molar-refractivity contribution is 0.0858. The molecule has 0 saturated carbocycles. The minimum Gasteiger partial charge on any atom is -0.491 e. The summed E-state index contributed by atoms with van der Waals surface area (Å²) in [4.78, 5) is 12.3. The lowest BCUT2D eigenvalue weighted by Crippen LogP contribution is -2.20. The normalized spacial score (nSPS) is 11.6. The van der Waals surface area contributed by atoms with Crippen LogP contribution in [0.1, 0.15) is 141 Å². The number of benzene rings is 1. The third kappa shape index (κ3) is 16.3. The molecule has 0 radical (unpaired) electrons. The van der Waals surface area contributed by atoms with Gasteiger partial charge in [-0.2, -0.15) is 0 Å². The molecule has 0 aliphatic rings. The zero-order valence-corrected chi connectivity index (χ0v) is 23.0. The Morgan fingerprint density at radius 3 is 1.50 bits per heavy atom. The van der Waals surface area contributed by atoms with Crippen LogP contribution in [0.3, 0.4) is 0 Å². The first kappa shape index (κ1) is 30.7. The van der Waals surface area contributed by atoms with E-state index in [0.29, 0.717) is 13.2 Å². The minimum atomic E-state index is -0.358. The Hall–Kier alpha value is -1.35. The zero-order chi connectivity index (χ0) is 24.9. The third-order valence-electron chi connectivity index (χ3n) is 6.44. The first-order chi connectivity index (χ1) is 16.4. The lowest BCUT2D eigenvalue weighted by Gasteiger charge is -2.16. The number of carbonyl (C=O) groups excluding carboxylic acids is 1. The molecule has 0 saturated heterocycles. The molecule has 0 bridgehead atoms. The van der Waals surface area contributed by atoms with Crippen LogP contribution in [-0.4, -0.2) is 25.6 Å². The number of hydrogen-bond acceptors (Lipinski definition) is 3. The topological polar surface area (TPSA) is 35.5 Å². The maximum atomic E-state index is 12.3. The number of rotatable bonds is 22. The van der Waals surface area contributed by atoms with Gasteiger partial charge in [0.05, 0.1) is 6.61 Å². The predicted octanol–water partition coefficient (Wildman–Crippen LogP) is 9.57. The van der Waals surface area contributed by atoms with Gasteiger partial charge in [0.1, 0.15) is 12.4 Å². The Kier molecular flexibility index (Phi) is 18.0. The quantitative estimate of drug-likeness (QED) is 0.124. The van der Waals surface area contributed by atoms with E-state index in [2.05, 4.69) is 6.92 Å². The second-order valence-electron chi connectivity index (χ2n) is 10.9. The van der Waals surface area contributed by atoms with E-state index in [9.17, 15) is 4.79 Å². The summed E-state index contributed by atoms with van der Waals surface area (Å²) >= 11 is 0. The molecule has 0 aliphatic carbocycles. The van der Waals surface area contributed by atoms with Gasteiger partial charge in [-0.05, 0) is 30.7 Å². The van der Waals surface area contributed by atoms with Gasteiger partial charge < -0.3 is 9.47 Å². The molecule has 1 aromatic carbocycles. The fourth-order valence-corrected chi connectivity index (χ4v) is 4.21. The monoisotopic (exact) mass is 474 g/mol. The van der Waals surface area contributed by atoms with Crippen LogP contribution < -0.4 is 4.74 Å². The van der Waals surface area contributed by atoms with Crippen LogP contribution in [0.15, 0.2) is 24.3 Å². The molecular formula is C31H54O3. The van der Waals surface area contributed by atoms with Crippen molar-refractivity contribution in [1.29, 1.82) is 0 Å². The van der Waals surface area contributed by atoms with Crippen molar-refractivity contribution in [3.05, 3.63) is 29.8 Å². The fourth-order valence-electron chi connectivity index (χ4n) is 4.21. The van der Waals surface area contributed by atoms with Crippen molar-refractivity contribution < 1.29 is 14.3 Å². The van der Waals surface area contributed by atoms with Crippen LogP contribution >= 0.6 is 0 Å². The van der Waals surface area contributed by atoms with Crippen LogP contribution in [0.5, 0.6) is 5.75 Å². The Morgan fingerprint density at radius 1 is 0.618 bits per heavy atom. The molecule has 0 aliphatic heterocycles. The van der Waals surface area contributed by atoms with E-state index in [0.717, 1.165) is 24.3 Å². The Balaban J connectivity index is 1.83. The summed E-state index contributed by atoms with van der Waals surface area (Å²) in [5, 5.41) is 0. The average Bonchev–Trinajstić information content (AvgIpc) is 2.82. The highest BCUT2D eigenvalue weighted by Crippen LogP contribution is 2.22. The van der Waals surface area contributed by atoms with Gasteiger partial charge in [0.2, 0.25) is 0 Å². The van der Waals surface area contributed by atoms with Crippen molar-refractivity contribution in [3.8, 4) is 5.75 Å². The maximum absolute atomic E-state index is 12.3. The van der Waals surface area contributed by atoms with E-state index >= 15 is 0 Å². The van der Waals surface area contributed by atoms with Crippen LogP contribution in [-0.2, 0) is 4.74 Å². The Morgan fingerprint density at radius 2 is 1.06 bits per heavy atom. The zero-order valence-electron chi connectivity index (χ0n) is 23.0. The van der Waals surface area contributed by atoms with Gasteiger partial charge in [-0.25, -0.2) is 0 Å². The van der Waals surface area contributed by atoms with Crippen molar-refractivity contribution in [2.45, 2.75) is 130 Å². The highest BCUT2D eigenvalue weighted by Gasteiger charge is 2.22. The second-order valence-corrected chi connectivity index (χ2v) is 10.9. The molecule has 3 heteroatoms. The summed E-state index contributed by atoms with van der Waals surface area (Å²) in [6.07, 6.45) is 22.2. The van der Waals surface area contributed by atoms with Gasteiger partial charge in [-0.1, -0.05) is 124 Å². The summed E-state index contributed by atoms with van der Waals surface area (Å²) in [5.74, 6) is 0.942. The Bertz CT molecular complexity index is 600. The molecule has 0 spiro atoms. The molecule has 0 N–H and O–H groups in total. The largest absolute Gasteiger partial charge is 0.491 e. The van der Waals surface area contributed by atoms with Gasteiger partial charge >= 0.3 is 0 Å². The van der Waals surface area contributed by atoms with Gasteiger partial charge in [0, 0.05) is 17.6 Å². The van der Waals surface area contributed by atoms with E-state index < -0.39 is 0 Å². The molecule has 3 nitrogen and oxygen atoms in total. The summed E-state index contributed by atoms with van der Waals surface area (Å²) in [6.45, 7) is 10.1. The summed E-state index contributed by atoms with van der Waals surface area (Å²) in [7, 11) is 0. The molecule has 0 fully saturated rings. The molecule has 0 amide bonds. The summed E-state index contributed by atoms with van der Waals surface area (Å²) in [5.41, 5.74) is 0.377. The SMILES string of the molecule is CCCCCCCCCCCCCCCCCCOCCOc1ccc(C(=O)C(C)(C)C)cc1. The fraction of sp³-hybridized carbons (Fsp3) is 0.774. The highest BCUT2D eigenvalue weighted by molar-refractivity contribution is 5.99. The predicted molar refractivity (Wildman–Crippen MR) is 146 cm³/mol. The van der Waals surface area contributed by atoms with Crippen LogP contribution in [0.2, 0.25) is 0 Å². The highest BCUT2D eigenvalue weighted by atomic mass is 16.5. The Labute approximate surface area is 211 Å². The van der Waals surface area contributed by atoms with E-state index in [1.165, 1.54) is 96.3 Å². The smallest absolute Gasteiger partial charge is 0.168 e. The van der Waals surface area contributed by atoms with Crippen molar-refractivity contribution in [3.63, 3.8) is 0 Å². The molecule has 1 rings (SSSR count). The van der Waals surface area contributed by atoms with Crippen LogP contribution in [0.25, 0.3) is 0 Å². The maximum Gasteiger partial charge on any atom is 0.168 e. The van der Waals surface area contributed by atoms with Gasteiger partial charge in [0.15, 0.2) is 5.78 Å². The molecule has 196 valence electrons. The lowest BCUT2D eigenvalue weighted by atomic mass is 9.86. The molecule has 0 aromatic heterocycles. The van der Waals surface area contributed by atoms with Crippen molar-refractivity contribution in [1.82, 2.24) is 0 Å². The first-order valence-electron chi connectivity index (χ1n) is 14.3. The molecule has 1 aromatic rings. The number of ketones is 1. The molecular weight excluding hydrogens is 420 g/mol. The van der Waals surface area contributed by atoms with Crippen molar-refractivity contribution >= 4 is 5.78 Å². The van der Waals surface area contributed by atoms with E-state index in [4.69, 9.17) is 9.47 Å². The average molecular weight is 475 g/mol. The number of hydrogen-bond donors (Lipinski definition) is 0. The minimum absolute atomic E-state index is 0.154. The van der Waals surface area contributed by atoms with Crippen LogP contribution in [0.4, 0.5) is 0 Å². The summed E-state index contributed by atoms with van der Waals surface area (Å²) in [6, 6.07) is 7.43. The number of unbranched alkanes of at least 4 members (excludes halogenated alkanes) is 15. The first-order valence-corrected chi connectivity index (χ1v) is 14.3. The van der Waals surface area contributed by atoms with Crippen molar-refractivity contribution in [2.75, 3.05) is 19.8 Å². The number of Topliss-reactive ketones (excluding diaryl/α,β-unsaturated/α-hetero) is 1. The van der Waals surface area contributed by atoms with Gasteiger partial charge in [0.25, 0.3) is 0 Å². The van der Waals surface area contributed by atoms with Crippen LogP contribution in [0, 0.1) is 5.41 Å². The number of carbonyl (C=O) groups is 1. The van der Waals surface area contributed by atoms with E-state index in [-0.39, 0.29) is 11.2 Å². The molecule has 0 heterocycles. The third-order valence-corrected chi connectivity index (χ3v) is 6.44. The van der Waals surface area contributed by atoms with Crippen molar-refractivity contribution in [2.24, 2.45) is 5.41 Å². The van der Waals surface area contributed by atoms with E-state index in [1.54, 1.807) is 0 Å². The second kappa shape index (κ2) is 19.9. The number of ether oxygens (including phenoxy) is 2. The van der Waals surface area contributed by atoms with Gasteiger partial charge in [-0.3, -0.25) is 4.79 Å². The standard InChI is InChI=1S/C31H54O3/c1-5-6-7-8-9-10-11-12-13-14-15-16-17-18-19-20-25-33-26-27-34-29-23-21-28(22-24-29)30(32)31(2,3)4/h21-24H,5-20,25-27H2,1-4H3. The molecule has 34 heavy (non-hydrogen) atoms.